The number of benzene rings is 2. The first kappa shape index (κ1) is 20.4. The summed E-state index contributed by atoms with van der Waals surface area (Å²) in [4.78, 5) is 30.3. The number of carboxylic acids is 1. The van der Waals surface area contributed by atoms with E-state index < -0.39 is 5.97 Å². The standard InChI is InChI=1S/C22H20N2O4S/c1-3-11-24-20(26)19(12-15-7-5-14(4-2)6-8-15)29-22(24)23-16-9-10-17(21(27)28)18(25)13-16/h3,5-10,12-13,25H,1,4,11H2,2H3,(H,27,28)/b19-12-,23-22?. The SMILES string of the molecule is C=CCN1C(=O)/C(=C/c2ccc(CC)cc2)SC1=Nc1ccc(C(=O)O)c(O)c1. The molecule has 1 fully saturated rings. The Morgan fingerprint density at radius 1 is 1.24 bits per heavy atom. The van der Waals surface area contributed by atoms with Crippen molar-refractivity contribution >= 4 is 40.6 Å². The fourth-order valence-electron chi connectivity index (χ4n) is 2.76. The Morgan fingerprint density at radius 2 is 1.97 bits per heavy atom. The van der Waals surface area contributed by atoms with E-state index in [1.165, 1.54) is 40.4 Å². The second-order valence-corrected chi connectivity index (χ2v) is 7.32. The van der Waals surface area contributed by atoms with Crippen molar-refractivity contribution in [2.24, 2.45) is 4.99 Å². The average molecular weight is 408 g/mol. The number of aromatic carboxylic acids is 1. The summed E-state index contributed by atoms with van der Waals surface area (Å²) in [5, 5.41) is 19.3. The number of thioether (sulfide) groups is 1. The quantitative estimate of drug-likeness (QED) is 0.545. The number of hydrogen-bond donors (Lipinski definition) is 2. The molecular weight excluding hydrogens is 388 g/mol. The molecule has 0 radical (unpaired) electrons. The lowest BCUT2D eigenvalue weighted by atomic mass is 10.1. The lowest BCUT2D eigenvalue weighted by molar-refractivity contribution is -0.121. The van der Waals surface area contributed by atoms with E-state index in [1.807, 2.05) is 30.3 Å². The predicted molar refractivity (Wildman–Crippen MR) is 115 cm³/mol. The smallest absolute Gasteiger partial charge is 0.339 e. The number of amidine groups is 1. The van der Waals surface area contributed by atoms with E-state index in [-0.39, 0.29) is 23.8 Å². The summed E-state index contributed by atoms with van der Waals surface area (Å²) in [7, 11) is 0. The number of amides is 1. The first-order valence-corrected chi connectivity index (χ1v) is 9.80. The van der Waals surface area contributed by atoms with E-state index >= 15 is 0 Å². The van der Waals surface area contributed by atoms with Gasteiger partial charge in [0.25, 0.3) is 5.91 Å². The first-order valence-electron chi connectivity index (χ1n) is 8.99. The minimum absolute atomic E-state index is 0.181. The summed E-state index contributed by atoms with van der Waals surface area (Å²) in [6, 6.07) is 12.0. The minimum Gasteiger partial charge on any atom is -0.507 e. The van der Waals surface area contributed by atoms with E-state index in [2.05, 4.69) is 18.5 Å². The number of phenols is 1. The number of nitrogens with zero attached hydrogens (tertiary/aromatic N) is 2. The van der Waals surface area contributed by atoms with Gasteiger partial charge in [0.15, 0.2) is 5.17 Å². The molecule has 7 heteroatoms. The third-order valence-corrected chi connectivity index (χ3v) is 5.33. The van der Waals surface area contributed by atoms with Crippen LogP contribution >= 0.6 is 11.8 Å². The highest BCUT2D eigenvalue weighted by molar-refractivity contribution is 8.18. The number of carbonyl (C=O) groups excluding carboxylic acids is 1. The van der Waals surface area contributed by atoms with Gasteiger partial charge in [0.05, 0.1) is 10.6 Å². The molecule has 6 nitrogen and oxygen atoms in total. The van der Waals surface area contributed by atoms with Gasteiger partial charge < -0.3 is 10.2 Å². The van der Waals surface area contributed by atoms with Crippen molar-refractivity contribution in [3.8, 4) is 5.75 Å². The maximum Gasteiger partial charge on any atom is 0.339 e. The van der Waals surface area contributed by atoms with Crippen molar-refractivity contribution in [1.82, 2.24) is 4.90 Å². The Hall–Kier alpha value is -3.32. The molecule has 29 heavy (non-hydrogen) atoms. The van der Waals surface area contributed by atoms with Gasteiger partial charge in [-0.1, -0.05) is 37.3 Å². The summed E-state index contributed by atoms with van der Waals surface area (Å²) < 4.78 is 0. The average Bonchev–Trinajstić information content (AvgIpc) is 2.97. The van der Waals surface area contributed by atoms with Crippen molar-refractivity contribution in [2.45, 2.75) is 13.3 Å². The Morgan fingerprint density at radius 3 is 2.55 bits per heavy atom. The number of aliphatic imine (C=N–C) groups is 1. The Bertz CT molecular complexity index is 1030. The summed E-state index contributed by atoms with van der Waals surface area (Å²) in [6.45, 7) is 6.06. The van der Waals surface area contributed by atoms with E-state index in [4.69, 9.17) is 5.11 Å². The molecule has 148 valence electrons. The number of rotatable bonds is 6. The van der Waals surface area contributed by atoms with Crippen LogP contribution in [0.4, 0.5) is 5.69 Å². The van der Waals surface area contributed by atoms with E-state index in [0.29, 0.717) is 15.8 Å². The first-order chi connectivity index (χ1) is 13.9. The molecule has 0 atom stereocenters. The third-order valence-electron chi connectivity index (χ3n) is 4.32. The highest BCUT2D eigenvalue weighted by atomic mass is 32.2. The Kier molecular flexibility index (Phi) is 6.19. The molecule has 1 saturated heterocycles. The molecule has 0 saturated carbocycles. The van der Waals surface area contributed by atoms with Crippen molar-refractivity contribution in [1.29, 1.82) is 0 Å². The van der Waals surface area contributed by atoms with Crippen LogP contribution in [0.5, 0.6) is 5.75 Å². The number of aryl methyl sites for hydroxylation is 1. The molecule has 0 unspecified atom stereocenters. The van der Waals surface area contributed by atoms with Crippen LogP contribution in [0.1, 0.15) is 28.4 Å². The van der Waals surface area contributed by atoms with Crippen LogP contribution in [0, 0.1) is 0 Å². The Balaban J connectivity index is 1.93. The molecular formula is C22H20N2O4S. The molecule has 2 aromatic carbocycles. The van der Waals surface area contributed by atoms with Crippen LogP contribution in [-0.4, -0.2) is 38.7 Å². The number of carboxylic acid groups (broad SMARTS) is 1. The summed E-state index contributed by atoms with van der Waals surface area (Å²) in [5.41, 5.74) is 2.28. The molecule has 1 amide bonds. The van der Waals surface area contributed by atoms with Crippen molar-refractivity contribution in [3.05, 3.63) is 76.7 Å². The summed E-state index contributed by atoms with van der Waals surface area (Å²) >= 11 is 1.22. The molecule has 0 spiro atoms. The highest BCUT2D eigenvalue weighted by Gasteiger charge is 2.32. The van der Waals surface area contributed by atoms with E-state index in [1.54, 1.807) is 6.08 Å². The van der Waals surface area contributed by atoms with Crippen LogP contribution in [0.2, 0.25) is 0 Å². The largest absolute Gasteiger partial charge is 0.507 e. The molecule has 3 rings (SSSR count). The minimum atomic E-state index is -1.22. The lowest BCUT2D eigenvalue weighted by Gasteiger charge is -2.12. The molecule has 2 N–H and O–H groups in total. The molecule has 0 bridgehead atoms. The van der Waals surface area contributed by atoms with E-state index in [0.717, 1.165) is 12.0 Å². The van der Waals surface area contributed by atoms with Gasteiger partial charge in [-0.05, 0) is 47.5 Å². The van der Waals surface area contributed by atoms with Gasteiger partial charge in [0.2, 0.25) is 0 Å². The van der Waals surface area contributed by atoms with Gasteiger partial charge in [-0.25, -0.2) is 9.79 Å². The van der Waals surface area contributed by atoms with Gasteiger partial charge in [-0.15, -0.1) is 6.58 Å². The molecule has 2 aromatic rings. The summed E-state index contributed by atoms with van der Waals surface area (Å²) in [5.74, 6) is -1.78. The van der Waals surface area contributed by atoms with Gasteiger partial charge in [-0.3, -0.25) is 9.69 Å². The number of carbonyl (C=O) groups is 2. The van der Waals surface area contributed by atoms with Gasteiger partial charge in [0.1, 0.15) is 11.3 Å². The van der Waals surface area contributed by atoms with E-state index in [9.17, 15) is 14.7 Å². The maximum atomic E-state index is 12.8. The topological polar surface area (TPSA) is 90.2 Å². The predicted octanol–water partition coefficient (Wildman–Crippen LogP) is 4.44. The van der Waals surface area contributed by atoms with Crippen LogP contribution in [0.3, 0.4) is 0 Å². The third kappa shape index (κ3) is 4.57. The zero-order valence-electron chi connectivity index (χ0n) is 15.8. The second kappa shape index (κ2) is 8.79. The zero-order chi connectivity index (χ0) is 21.0. The molecule has 0 aliphatic carbocycles. The van der Waals surface area contributed by atoms with Crippen molar-refractivity contribution < 1.29 is 19.8 Å². The maximum absolute atomic E-state index is 12.8. The fraction of sp³-hybridized carbons (Fsp3) is 0.136. The number of aromatic hydroxyl groups is 1. The van der Waals surface area contributed by atoms with Crippen molar-refractivity contribution in [2.75, 3.05) is 6.54 Å². The highest BCUT2D eigenvalue weighted by Crippen LogP contribution is 2.35. The van der Waals surface area contributed by atoms with Crippen molar-refractivity contribution in [3.63, 3.8) is 0 Å². The van der Waals surface area contributed by atoms with Gasteiger partial charge in [0, 0.05) is 12.6 Å². The van der Waals surface area contributed by atoms with Gasteiger partial charge >= 0.3 is 5.97 Å². The molecule has 1 heterocycles. The normalized spacial score (nSPS) is 16.6. The monoisotopic (exact) mass is 408 g/mol. The van der Waals surface area contributed by atoms with Crippen LogP contribution in [0.15, 0.2) is 65.0 Å². The molecule has 1 aliphatic rings. The number of hydrogen-bond acceptors (Lipinski definition) is 5. The van der Waals surface area contributed by atoms with Crippen LogP contribution in [0.25, 0.3) is 6.08 Å². The molecule has 0 aromatic heterocycles. The fourth-order valence-corrected chi connectivity index (χ4v) is 3.77. The zero-order valence-corrected chi connectivity index (χ0v) is 16.6. The summed E-state index contributed by atoms with van der Waals surface area (Å²) in [6.07, 6.45) is 4.37. The Labute approximate surface area is 172 Å². The second-order valence-electron chi connectivity index (χ2n) is 6.31. The lowest BCUT2D eigenvalue weighted by Crippen LogP contribution is -2.29. The van der Waals surface area contributed by atoms with Crippen LogP contribution < -0.4 is 0 Å². The van der Waals surface area contributed by atoms with Gasteiger partial charge in [-0.2, -0.15) is 0 Å². The molecule has 1 aliphatic heterocycles. The van der Waals surface area contributed by atoms with Crippen LogP contribution in [-0.2, 0) is 11.2 Å².